The van der Waals surface area contributed by atoms with E-state index >= 15 is 0 Å². The van der Waals surface area contributed by atoms with Crippen molar-refractivity contribution in [2.24, 2.45) is 0 Å². The van der Waals surface area contributed by atoms with Gasteiger partial charge in [-0.05, 0) is 69.4 Å². The predicted molar refractivity (Wildman–Crippen MR) is 101 cm³/mol. The van der Waals surface area contributed by atoms with Crippen LogP contribution < -0.4 is 4.72 Å². The molecule has 0 spiro atoms. The Labute approximate surface area is 158 Å². The van der Waals surface area contributed by atoms with Crippen molar-refractivity contribution in [3.63, 3.8) is 0 Å². The maximum Gasteiger partial charge on any atom is 0.240 e. The monoisotopic (exact) mass is 369 g/mol. The van der Waals surface area contributed by atoms with Gasteiger partial charge in [-0.15, -0.1) is 0 Å². The summed E-state index contributed by atoms with van der Waals surface area (Å²) in [5, 5.41) is 11.0. The molecule has 10 radical (unpaired) electrons. The smallest absolute Gasteiger partial charge is 0.240 e. The molecule has 2 atom stereocenters. The van der Waals surface area contributed by atoms with E-state index in [4.69, 9.17) is 0 Å². The van der Waals surface area contributed by atoms with Crippen molar-refractivity contribution >= 4 is 10.0 Å². The van der Waals surface area contributed by atoms with Gasteiger partial charge in [0.1, 0.15) is 0 Å². The highest BCUT2D eigenvalue weighted by atomic mass is 32.2. The van der Waals surface area contributed by atoms with Gasteiger partial charge >= 0.3 is 0 Å². The van der Waals surface area contributed by atoms with E-state index in [1.807, 2.05) is 59.3 Å². The highest BCUT2D eigenvalue weighted by molar-refractivity contribution is 7.89. The van der Waals surface area contributed by atoms with Gasteiger partial charge in [0.15, 0.2) is 0 Å². The van der Waals surface area contributed by atoms with Gasteiger partial charge in [0.25, 0.3) is 0 Å². The van der Waals surface area contributed by atoms with Crippen LogP contribution in [0.1, 0.15) is 19.4 Å². The molecule has 26 heavy (non-hydrogen) atoms. The Morgan fingerprint density at radius 1 is 0.846 bits per heavy atom. The average molecular weight is 369 g/mol. The molecular formula is C21H23NO3S. The molecule has 0 aliphatic heterocycles. The molecular weight excluding hydrogens is 346 g/mol. The maximum atomic E-state index is 12.9. The Kier molecular flexibility index (Phi) is 6.10. The third kappa shape index (κ3) is 4.15. The zero-order valence-electron chi connectivity index (χ0n) is 15.1. The first-order chi connectivity index (χ1) is 12.3. The van der Waals surface area contributed by atoms with Crippen molar-refractivity contribution < 1.29 is 13.5 Å². The van der Waals surface area contributed by atoms with Gasteiger partial charge in [0.05, 0.1) is 17.0 Å². The molecule has 2 aliphatic rings. The Bertz CT molecular complexity index is 700. The normalized spacial score (nSPS) is 23.5. The molecule has 2 fully saturated rings. The standard InChI is InChI=1S/C21H23NO3S/c1-14-10-12-17(13-11-14)26(24,25)22-20(18-8-4-6-15(18)2)21(23)19-9-5-7-16(19)3/h4-13,20-23H,1-3H3/t20-,21+/m1/s1. The lowest BCUT2D eigenvalue weighted by Gasteiger charge is -2.34. The van der Waals surface area contributed by atoms with Gasteiger partial charge in [0, 0.05) is 11.8 Å². The van der Waals surface area contributed by atoms with Gasteiger partial charge in [-0.25, -0.2) is 13.1 Å². The lowest BCUT2D eigenvalue weighted by Crippen LogP contribution is -2.50. The first kappa shape index (κ1) is 19.8. The Morgan fingerprint density at radius 2 is 1.38 bits per heavy atom. The topological polar surface area (TPSA) is 66.4 Å². The predicted octanol–water partition coefficient (Wildman–Crippen LogP) is 2.59. The molecule has 2 saturated carbocycles. The van der Waals surface area contributed by atoms with Crippen LogP contribution in [0.15, 0.2) is 29.2 Å². The number of aliphatic hydroxyl groups is 1. The lowest BCUT2D eigenvalue weighted by molar-refractivity contribution is 0.161. The first-order valence-corrected chi connectivity index (χ1v) is 9.99. The van der Waals surface area contributed by atoms with E-state index in [1.165, 1.54) is 0 Å². The van der Waals surface area contributed by atoms with E-state index in [1.54, 1.807) is 24.3 Å². The molecule has 5 heteroatoms. The first-order valence-electron chi connectivity index (χ1n) is 8.51. The second kappa shape index (κ2) is 7.99. The van der Waals surface area contributed by atoms with Crippen molar-refractivity contribution in [1.82, 2.24) is 4.72 Å². The van der Waals surface area contributed by atoms with Crippen molar-refractivity contribution in [1.29, 1.82) is 0 Å². The van der Waals surface area contributed by atoms with Crippen LogP contribution in [0.3, 0.4) is 0 Å². The number of rotatable bonds is 6. The van der Waals surface area contributed by atoms with Crippen LogP contribution >= 0.6 is 0 Å². The number of aryl methyl sites for hydroxylation is 1. The van der Waals surface area contributed by atoms with Crippen molar-refractivity contribution in [3.8, 4) is 0 Å². The van der Waals surface area contributed by atoms with Gasteiger partial charge in [-0.1, -0.05) is 31.5 Å². The molecule has 0 bridgehead atoms. The van der Waals surface area contributed by atoms with E-state index in [0.717, 1.165) is 29.2 Å². The van der Waals surface area contributed by atoms with Crippen LogP contribution in [0.4, 0.5) is 0 Å². The quantitative estimate of drug-likeness (QED) is 0.810. The molecule has 4 nitrogen and oxygen atoms in total. The molecule has 2 N–H and O–H groups in total. The Hall–Kier alpha value is -0.910. The summed E-state index contributed by atoms with van der Waals surface area (Å²) < 4.78 is 28.5. The van der Waals surface area contributed by atoms with Crippen LogP contribution in [-0.2, 0) is 10.0 Å². The lowest BCUT2D eigenvalue weighted by atomic mass is 9.80. The minimum atomic E-state index is -3.78. The Morgan fingerprint density at radius 3 is 1.88 bits per heavy atom. The van der Waals surface area contributed by atoms with E-state index in [9.17, 15) is 13.5 Å². The van der Waals surface area contributed by atoms with Gasteiger partial charge < -0.3 is 5.11 Å². The highest BCUT2D eigenvalue weighted by Crippen LogP contribution is 2.42. The number of sulfonamides is 1. The number of nitrogens with one attached hydrogen (secondary N) is 1. The van der Waals surface area contributed by atoms with Crippen LogP contribution in [-0.4, -0.2) is 25.7 Å². The summed E-state index contributed by atoms with van der Waals surface area (Å²) in [5.41, 5.74) is 0.986. The zero-order valence-corrected chi connectivity index (χ0v) is 15.9. The summed E-state index contributed by atoms with van der Waals surface area (Å²) in [6.45, 7) is 5.72. The summed E-state index contributed by atoms with van der Waals surface area (Å²) in [6, 6.07) is 5.90. The van der Waals surface area contributed by atoms with Crippen molar-refractivity contribution in [2.75, 3.05) is 0 Å². The minimum absolute atomic E-state index is 0.184. The molecule has 1 aromatic rings. The van der Waals surface area contributed by atoms with E-state index < -0.39 is 22.2 Å². The van der Waals surface area contributed by atoms with Crippen molar-refractivity contribution in [2.45, 2.75) is 37.8 Å². The summed E-state index contributed by atoms with van der Waals surface area (Å²) >= 11 is 0. The molecule has 0 heterocycles. The fraction of sp³-hybridized carbons (Fsp3) is 0.238. The van der Waals surface area contributed by atoms with Gasteiger partial charge in [-0.2, -0.15) is 0 Å². The van der Waals surface area contributed by atoms with Crippen LogP contribution in [0, 0.1) is 69.1 Å². The molecule has 2 aliphatic carbocycles. The number of hydrogen-bond donors (Lipinski definition) is 2. The van der Waals surface area contributed by atoms with Gasteiger partial charge in [0.2, 0.25) is 10.0 Å². The van der Waals surface area contributed by atoms with E-state index in [-0.39, 0.29) is 4.90 Å². The number of aliphatic hydroxyl groups excluding tert-OH is 1. The fourth-order valence-electron chi connectivity index (χ4n) is 3.16. The van der Waals surface area contributed by atoms with E-state index in [2.05, 4.69) is 4.72 Å². The molecule has 0 amide bonds. The largest absolute Gasteiger partial charge is 0.391 e. The summed E-state index contributed by atoms with van der Waals surface area (Å²) in [7, 11) is -3.78. The second-order valence-corrected chi connectivity index (χ2v) is 8.40. The molecule has 0 unspecified atom stereocenters. The fourth-order valence-corrected chi connectivity index (χ4v) is 4.38. The highest BCUT2D eigenvalue weighted by Gasteiger charge is 2.44. The molecule has 0 saturated heterocycles. The third-order valence-electron chi connectivity index (χ3n) is 4.74. The Balaban J connectivity index is 1.86. The van der Waals surface area contributed by atoms with Crippen LogP contribution in [0.2, 0.25) is 0 Å². The number of hydrogen-bond acceptors (Lipinski definition) is 3. The molecule has 1 aromatic carbocycles. The molecule has 0 aromatic heterocycles. The SMILES string of the molecule is C[C]1[CH][CH][CH][C]1[C@@H](NS(=O)(=O)c1ccc(C)cc1)[C@@H](O)[C]1[CH][CH][CH][C]1C. The maximum absolute atomic E-state index is 12.9. The van der Waals surface area contributed by atoms with Crippen LogP contribution in [0.25, 0.3) is 0 Å². The van der Waals surface area contributed by atoms with Crippen LogP contribution in [0.5, 0.6) is 0 Å². The van der Waals surface area contributed by atoms with Crippen molar-refractivity contribution in [3.05, 3.63) is 92.0 Å². The third-order valence-corrected chi connectivity index (χ3v) is 6.19. The second-order valence-electron chi connectivity index (χ2n) is 6.69. The average Bonchev–Trinajstić information content (AvgIpc) is 3.21. The van der Waals surface area contributed by atoms with E-state index in [0.29, 0.717) is 0 Å². The summed E-state index contributed by atoms with van der Waals surface area (Å²) in [4.78, 5) is 0.184. The molecule has 136 valence electrons. The van der Waals surface area contributed by atoms with Gasteiger partial charge in [-0.3, -0.25) is 0 Å². The summed E-state index contributed by atoms with van der Waals surface area (Å²) in [5.74, 6) is 3.36. The zero-order chi connectivity index (χ0) is 18.9. The molecule has 3 rings (SSSR count). The summed E-state index contributed by atoms with van der Waals surface area (Å²) in [6.07, 6.45) is 10.2. The minimum Gasteiger partial charge on any atom is -0.391 e. The number of benzene rings is 1.